The van der Waals surface area contributed by atoms with Gasteiger partial charge in [0.15, 0.2) is 11.1 Å². The lowest BCUT2D eigenvalue weighted by Crippen LogP contribution is -2.17. The van der Waals surface area contributed by atoms with E-state index in [2.05, 4.69) is 10.3 Å². The second-order valence-corrected chi connectivity index (χ2v) is 8.57. The molecule has 188 valence electrons. The Bertz CT molecular complexity index is 1650. The van der Waals surface area contributed by atoms with Gasteiger partial charge in [0.2, 0.25) is 0 Å². The number of aromatic nitrogens is 1. The van der Waals surface area contributed by atoms with Crippen LogP contribution in [0.4, 0.5) is 18.9 Å². The van der Waals surface area contributed by atoms with Gasteiger partial charge in [-0.25, -0.2) is 9.78 Å². The molecule has 0 bridgehead atoms. The van der Waals surface area contributed by atoms with E-state index in [0.29, 0.717) is 33.7 Å². The molecule has 2 heterocycles. The minimum Gasteiger partial charge on any atom is -0.476 e. The fourth-order valence-corrected chi connectivity index (χ4v) is 4.10. The van der Waals surface area contributed by atoms with Crippen LogP contribution in [0, 0.1) is 25.2 Å². The molecule has 2 aromatic heterocycles. The normalized spacial score (nSPS) is 12.2. The van der Waals surface area contributed by atoms with Gasteiger partial charge in [-0.05, 0) is 56.7 Å². The number of halogens is 3. The van der Waals surface area contributed by atoms with Gasteiger partial charge in [0.25, 0.3) is 0 Å². The lowest BCUT2D eigenvalue weighted by Gasteiger charge is -2.20. The van der Waals surface area contributed by atoms with Crippen LogP contribution in [-0.4, -0.2) is 16.1 Å². The number of nitrogens with one attached hydrogen (secondary N) is 1. The van der Waals surface area contributed by atoms with Crippen molar-refractivity contribution in [1.82, 2.24) is 4.98 Å². The number of fused-ring (bicyclic) bond motifs is 1. The maximum Gasteiger partial charge on any atom is 0.433 e. The molecule has 37 heavy (non-hydrogen) atoms. The highest BCUT2D eigenvalue weighted by molar-refractivity contribution is 5.92. The van der Waals surface area contributed by atoms with Crippen LogP contribution in [0.15, 0.2) is 57.7 Å². The Morgan fingerprint density at radius 2 is 1.89 bits per heavy atom. The first-order valence-corrected chi connectivity index (χ1v) is 11.1. The molecule has 0 spiro atoms. The van der Waals surface area contributed by atoms with Crippen molar-refractivity contribution in [2.24, 2.45) is 0 Å². The third kappa shape index (κ3) is 4.89. The number of nitrogens with zero attached hydrogens (tertiary/aromatic N) is 2. The molecule has 4 aromatic rings. The molecular formula is C27H20F3N3O4. The highest BCUT2D eigenvalue weighted by atomic mass is 19.4. The van der Waals surface area contributed by atoms with Crippen LogP contribution in [0.2, 0.25) is 0 Å². The quantitative estimate of drug-likeness (QED) is 0.329. The van der Waals surface area contributed by atoms with Crippen molar-refractivity contribution in [3.8, 4) is 17.4 Å². The Morgan fingerprint density at radius 3 is 2.54 bits per heavy atom. The van der Waals surface area contributed by atoms with Gasteiger partial charge >= 0.3 is 12.1 Å². The first-order valence-electron chi connectivity index (χ1n) is 11.1. The topological polar surface area (TPSA) is 116 Å². The Labute approximate surface area is 208 Å². The predicted molar refractivity (Wildman–Crippen MR) is 130 cm³/mol. The number of anilines is 1. The van der Waals surface area contributed by atoms with E-state index in [4.69, 9.17) is 4.42 Å². The van der Waals surface area contributed by atoms with Crippen LogP contribution >= 0.6 is 0 Å². The largest absolute Gasteiger partial charge is 0.476 e. The monoisotopic (exact) mass is 507 g/mol. The van der Waals surface area contributed by atoms with E-state index in [1.165, 1.54) is 0 Å². The first kappa shape index (κ1) is 25.4. The molecule has 1 atom stereocenters. The second-order valence-electron chi connectivity index (χ2n) is 8.57. The lowest BCUT2D eigenvalue weighted by atomic mass is 9.98. The van der Waals surface area contributed by atoms with Crippen molar-refractivity contribution in [3.63, 3.8) is 0 Å². The summed E-state index contributed by atoms with van der Waals surface area (Å²) in [6.07, 6.45) is -4.80. The number of rotatable bonds is 5. The molecule has 2 aromatic carbocycles. The Hall–Kier alpha value is -4.65. The molecule has 4 rings (SSSR count). The molecule has 0 aliphatic heterocycles. The maximum atomic E-state index is 13.3. The van der Waals surface area contributed by atoms with Crippen molar-refractivity contribution >= 4 is 22.6 Å². The number of aryl methyl sites for hydroxylation is 1. The van der Waals surface area contributed by atoms with Crippen LogP contribution in [0.3, 0.4) is 0 Å². The number of benzene rings is 2. The molecule has 0 aliphatic carbocycles. The molecule has 0 aliphatic rings. The summed E-state index contributed by atoms with van der Waals surface area (Å²) >= 11 is 0. The van der Waals surface area contributed by atoms with Gasteiger partial charge in [-0.15, -0.1) is 0 Å². The van der Waals surface area contributed by atoms with Gasteiger partial charge in [0.1, 0.15) is 17.0 Å². The van der Waals surface area contributed by atoms with Crippen LogP contribution in [0.5, 0.6) is 0 Å². The molecule has 0 fully saturated rings. The molecule has 1 unspecified atom stereocenters. The summed E-state index contributed by atoms with van der Waals surface area (Å²) in [7, 11) is 0. The summed E-state index contributed by atoms with van der Waals surface area (Å²) in [5.41, 5.74) is 0.192. The van der Waals surface area contributed by atoms with E-state index >= 15 is 0 Å². The fraction of sp³-hybridized carbons (Fsp3) is 0.185. The number of carboxylic acid groups (broad SMARTS) is 1. The summed E-state index contributed by atoms with van der Waals surface area (Å²) < 4.78 is 45.4. The zero-order valence-corrected chi connectivity index (χ0v) is 19.9. The number of hydrogen-bond acceptors (Lipinski definition) is 6. The zero-order chi connectivity index (χ0) is 27.1. The van der Waals surface area contributed by atoms with E-state index in [-0.39, 0.29) is 22.5 Å². The summed E-state index contributed by atoms with van der Waals surface area (Å²) in [5, 5.41) is 21.9. The van der Waals surface area contributed by atoms with Crippen LogP contribution in [0.25, 0.3) is 22.3 Å². The molecule has 0 radical (unpaired) electrons. The lowest BCUT2D eigenvalue weighted by molar-refractivity contribution is -0.141. The highest BCUT2D eigenvalue weighted by Gasteiger charge is 2.34. The summed E-state index contributed by atoms with van der Waals surface area (Å²) in [6, 6.07) is 13.1. The van der Waals surface area contributed by atoms with E-state index in [9.17, 15) is 33.1 Å². The SMILES string of the molecule is Cc1cc(C(C)Nc2ccc(C(F)(F)F)nc2C(=O)O)c2oc(-c3cccc(C#N)c3)c(C)c(=O)c2c1. The molecule has 0 saturated carbocycles. The van der Waals surface area contributed by atoms with Gasteiger partial charge in [-0.3, -0.25) is 4.79 Å². The van der Waals surface area contributed by atoms with Gasteiger partial charge in [-0.2, -0.15) is 18.4 Å². The van der Waals surface area contributed by atoms with Gasteiger partial charge in [-0.1, -0.05) is 18.2 Å². The van der Waals surface area contributed by atoms with E-state index in [1.54, 1.807) is 57.2 Å². The molecule has 10 heteroatoms. The van der Waals surface area contributed by atoms with Crippen LogP contribution < -0.4 is 10.7 Å². The van der Waals surface area contributed by atoms with Gasteiger partial charge in [0.05, 0.1) is 28.7 Å². The second kappa shape index (κ2) is 9.43. The predicted octanol–water partition coefficient (Wildman–Crippen LogP) is 6.23. The van der Waals surface area contributed by atoms with Crippen molar-refractivity contribution in [2.45, 2.75) is 33.0 Å². The van der Waals surface area contributed by atoms with E-state index in [1.807, 2.05) is 6.07 Å². The minimum absolute atomic E-state index is 0.126. The average Bonchev–Trinajstić information content (AvgIpc) is 2.85. The van der Waals surface area contributed by atoms with E-state index in [0.717, 1.165) is 11.6 Å². The molecule has 7 nitrogen and oxygen atoms in total. The summed E-state index contributed by atoms with van der Waals surface area (Å²) in [6.45, 7) is 5.06. The summed E-state index contributed by atoms with van der Waals surface area (Å²) in [4.78, 5) is 28.2. The maximum absolute atomic E-state index is 13.3. The van der Waals surface area contributed by atoms with Gasteiger partial charge in [0, 0.05) is 16.7 Å². The number of aromatic carboxylic acids is 1. The number of carboxylic acids is 1. The fourth-order valence-electron chi connectivity index (χ4n) is 4.10. The van der Waals surface area contributed by atoms with Crippen molar-refractivity contribution in [1.29, 1.82) is 5.26 Å². The smallest absolute Gasteiger partial charge is 0.433 e. The third-order valence-corrected chi connectivity index (χ3v) is 5.87. The van der Waals surface area contributed by atoms with Crippen LogP contribution in [-0.2, 0) is 6.18 Å². The highest BCUT2D eigenvalue weighted by Crippen LogP contribution is 2.34. The van der Waals surface area contributed by atoms with Crippen molar-refractivity contribution in [2.75, 3.05) is 5.32 Å². The molecule has 2 N–H and O–H groups in total. The number of hydrogen-bond donors (Lipinski definition) is 2. The number of nitriles is 1. The van der Waals surface area contributed by atoms with Crippen LogP contribution in [0.1, 0.15) is 51.4 Å². The Kier molecular flexibility index (Phi) is 6.48. The molecular weight excluding hydrogens is 487 g/mol. The van der Waals surface area contributed by atoms with Crippen molar-refractivity contribution < 1.29 is 27.5 Å². The first-order chi connectivity index (χ1) is 17.4. The Balaban J connectivity index is 1.87. The summed E-state index contributed by atoms with van der Waals surface area (Å²) in [5.74, 6) is -1.36. The standard InChI is InChI=1S/C27H20F3N3O4/c1-13-9-18(15(3)32-20-7-8-21(27(28,29)30)33-22(20)26(35)36)25-19(10-13)23(34)14(2)24(37-25)17-6-4-5-16(11-17)12-31/h4-11,15,32H,1-3H3,(H,35,36). The molecule has 0 amide bonds. The van der Waals surface area contributed by atoms with Crippen molar-refractivity contribution in [3.05, 3.63) is 92.4 Å². The minimum atomic E-state index is -4.80. The van der Waals surface area contributed by atoms with Gasteiger partial charge < -0.3 is 14.8 Å². The number of pyridine rings is 1. The number of alkyl halides is 3. The third-order valence-electron chi connectivity index (χ3n) is 5.87. The Morgan fingerprint density at radius 1 is 1.16 bits per heavy atom. The molecule has 0 saturated heterocycles. The van der Waals surface area contributed by atoms with E-state index < -0.39 is 29.6 Å². The average molecular weight is 507 g/mol. The zero-order valence-electron chi connectivity index (χ0n) is 19.9. The number of carbonyl (C=O) groups is 1.